The maximum atomic E-state index is 11.8. The summed E-state index contributed by atoms with van der Waals surface area (Å²) in [6.45, 7) is 3.08. The molecule has 5 nitrogen and oxygen atoms in total. The van der Waals surface area contributed by atoms with Crippen molar-refractivity contribution in [1.29, 1.82) is 0 Å². The van der Waals surface area contributed by atoms with Crippen LogP contribution in [0, 0.1) is 6.92 Å². The molecule has 0 radical (unpaired) electrons. The summed E-state index contributed by atoms with van der Waals surface area (Å²) in [5.41, 5.74) is 1.21. The molecule has 0 saturated heterocycles. The first kappa shape index (κ1) is 13.9. The Morgan fingerprint density at radius 1 is 1.53 bits per heavy atom. The van der Waals surface area contributed by atoms with Crippen LogP contribution in [0.5, 0.6) is 0 Å². The Balaban J connectivity index is 2.59. The van der Waals surface area contributed by atoms with Crippen LogP contribution in [0.1, 0.15) is 22.6 Å². The van der Waals surface area contributed by atoms with Gasteiger partial charge in [0.25, 0.3) is 5.91 Å². The van der Waals surface area contributed by atoms with Crippen molar-refractivity contribution in [1.82, 2.24) is 15.3 Å². The van der Waals surface area contributed by atoms with Gasteiger partial charge < -0.3 is 10.1 Å². The average molecular weight is 255 g/mol. The van der Waals surface area contributed by atoms with E-state index in [0.29, 0.717) is 24.0 Å². The zero-order valence-electron chi connectivity index (χ0n) is 10.3. The number of aromatic nitrogens is 2. The summed E-state index contributed by atoms with van der Waals surface area (Å²) >= 11 is 1.42. The molecule has 0 unspecified atom stereocenters. The van der Waals surface area contributed by atoms with Crippen molar-refractivity contribution in [2.45, 2.75) is 18.5 Å². The van der Waals surface area contributed by atoms with E-state index >= 15 is 0 Å². The molecule has 17 heavy (non-hydrogen) atoms. The summed E-state index contributed by atoms with van der Waals surface area (Å²) in [6.07, 6.45) is 2.68. The molecule has 1 aromatic rings. The molecule has 1 heterocycles. The highest BCUT2D eigenvalue weighted by Gasteiger charge is 2.09. The monoisotopic (exact) mass is 255 g/mol. The van der Waals surface area contributed by atoms with E-state index in [1.807, 2.05) is 13.2 Å². The lowest BCUT2D eigenvalue weighted by Crippen LogP contribution is -2.26. The molecule has 1 aromatic heterocycles. The molecule has 0 aliphatic rings. The summed E-state index contributed by atoms with van der Waals surface area (Å²) in [5, 5.41) is 3.41. The lowest BCUT2D eigenvalue weighted by atomic mass is 10.3. The average Bonchev–Trinajstić information content (AvgIpc) is 2.33. The summed E-state index contributed by atoms with van der Waals surface area (Å²) in [4.78, 5) is 20.1. The second kappa shape index (κ2) is 7.24. The third-order valence-corrected chi connectivity index (χ3v) is 2.61. The van der Waals surface area contributed by atoms with Crippen molar-refractivity contribution in [2.75, 3.05) is 26.5 Å². The highest BCUT2D eigenvalue weighted by Crippen LogP contribution is 2.10. The van der Waals surface area contributed by atoms with Crippen LogP contribution in [0.4, 0.5) is 0 Å². The number of hydrogen-bond acceptors (Lipinski definition) is 5. The predicted octanol–water partition coefficient (Wildman–Crippen LogP) is 1.27. The van der Waals surface area contributed by atoms with Crippen molar-refractivity contribution in [3.8, 4) is 0 Å². The quantitative estimate of drug-likeness (QED) is 0.471. The van der Waals surface area contributed by atoms with Crippen LogP contribution in [-0.4, -0.2) is 42.4 Å². The fourth-order valence-electron chi connectivity index (χ4n) is 1.26. The van der Waals surface area contributed by atoms with E-state index in [-0.39, 0.29) is 5.91 Å². The van der Waals surface area contributed by atoms with Gasteiger partial charge in [0.1, 0.15) is 5.69 Å². The zero-order valence-corrected chi connectivity index (χ0v) is 11.1. The first-order chi connectivity index (χ1) is 8.17. The van der Waals surface area contributed by atoms with Crippen molar-refractivity contribution >= 4 is 17.7 Å². The summed E-state index contributed by atoms with van der Waals surface area (Å²) in [6, 6.07) is 1.69. The van der Waals surface area contributed by atoms with E-state index in [1.165, 1.54) is 11.8 Å². The molecule has 0 spiro atoms. The molecule has 0 aliphatic carbocycles. The number of nitrogens with one attached hydrogen (secondary N) is 1. The maximum Gasteiger partial charge on any atom is 0.270 e. The smallest absolute Gasteiger partial charge is 0.270 e. The second-order valence-corrected chi connectivity index (χ2v) is 4.26. The number of hydrogen-bond donors (Lipinski definition) is 1. The molecule has 0 fully saturated rings. The van der Waals surface area contributed by atoms with Crippen LogP contribution in [0.2, 0.25) is 0 Å². The van der Waals surface area contributed by atoms with Crippen LogP contribution in [-0.2, 0) is 4.74 Å². The van der Waals surface area contributed by atoms with Crippen LogP contribution >= 0.6 is 11.8 Å². The number of methoxy groups -OCH3 is 1. The van der Waals surface area contributed by atoms with Crippen molar-refractivity contribution < 1.29 is 9.53 Å². The molecule has 1 rings (SSSR count). The van der Waals surface area contributed by atoms with Gasteiger partial charge in [0.15, 0.2) is 5.16 Å². The molecule has 1 N–H and O–H groups in total. The number of carbonyl (C=O) groups is 1. The fourth-order valence-corrected chi connectivity index (χ4v) is 1.68. The summed E-state index contributed by atoms with van der Waals surface area (Å²) in [5.74, 6) is -0.165. The third kappa shape index (κ3) is 4.70. The van der Waals surface area contributed by atoms with Gasteiger partial charge >= 0.3 is 0 Å². The maximum absolute atomic E-state index is 11.8. The highest BCUT2D eigenvalue weighted by molar-refractivity contribution is 7.98. The largest absolute Gasteiger partial charge is 0.385 e. The van der Waals surface area contributed by atoms with Gasteiger partial charge in [0, 0.05) is 26.0 Å². The molecule has 6 heteroatoms. The van der Waals surface area contributed by atoms with Crippen LogP contribution in [0.25, 0.3) is 0 Å². The highest BCUT2D eigenvalue weighted by atomic mass is 32.2. The van der Waals surface area contributed by atoms with E-state index in [4.69, 9.17) is 4.74 Å². The molecule has 0 atom stereocenters. The first-order valence-electron chi connectivity index (χ1n) is 5.34. The molecule has 0 saturated carbocycles. The normalized spacial score (nSPS) is 10.3. The van der Waals surface area contributed by atoms with E-state index < -0.39 is 0 Å². The number of aryl methyl sites for hydroxylation is 1. The van der Waals surface area contributed by atoms with E-state index in [9.17, 15) is 4.79 Å². The summed E-state index contributed by atoms with van der Waals surface area (Å²) < 4.78 is 4.90. The first-order valence-corrected chi connectivity index (χ1v) is 6.56. The molecule has 94 valence electrons. The Kier molecular flexibility index (Phi) is 5.93. The minimum atomic E-state index is -0.165. The van der Waals surface area contributed by atoms with Crippen molar-refractivity contribution in [2.24, 2.45) is 0 Å². The van der Waals surface area contributed by atoms with Crippen LogP contribution in [0.3, 0.4) is 0 Å². The predicted molar refractivity (Wildman–Crippen MR) is 67.4 cm³/mol. The molecular formula is C11H17N3O2S. The minimum absolute atomic E-state index is 0.165. The number of amides is 1. The Bertz CT molecular complexity index is 385. The van der Waals surface area contributed by atoms with Gasteiger partial charge in [0.05, 0.1) is 0 Å². The Labute approximate surface area is 105 Å². The van der Waals surface area contributed by atoms with E-state index in [1.54, 1.807) is 13.2 Å². The molecular weight excluding hydrogens is 238 g/mol. The Hall–Kier alpha value is -1.14. The number of rotatable bonds is 6. The molecule has 0 aliphatic heterocycles. The number of thioether (sulfide) groups is 1. The van der Waals surface area contributed by atoms with E-state index in [0.717, 1.165) is 12.1 Å². The number of carbonyl (C=O) groups excluding carboxylic acids is 1. The topological polar surface area (TPSA) is 64.1 Å². The zero-order chi connectivity index (χ0) is 12.7. The van der Waals surface area contributed by atoms with Crippen molar-refractivity contribution in [3.63, 3.8) is 0 Å². The van der Waals surface area contributed by atoms with Gasteiger partial charge in [-0.25, -0.2) is 9.97 Å². The number of nitrogens with zero attached hydrogens (tertiary/aromatic N) is 2. The number of ether oxygens (including phenoxy) is 1. The molecule has 0 aromatic carbocycles. The van der Waals surface area contributed by atoms with E-state index in [2.05, 4.69) is 15.3 Å². The van der Waals surface area contributed by atoms with Gasteiger partial charge in [-0.1, -0.05) is 11.8 Å². The molecule has 0 bridgehead atoms. The SMILES string of the molecule is COCCCNC(=O)c1cc(C)nc(SC)n1. The molecule has 1 amide bonds. The van der Waals surface area contributed by atoms with Crippen molar-refractivity contribution in [3.05, 3.63) is 17.5 Å². The second-order valence-electron chi connectivity index (χ2n) is 3.48. The fraction of sp³-hybridized carbons (Fsp3) is 0.545. The Morgan fingerprint density at radius 3 is 2.94 bits per heavy atom. The van der Waals surface area contributed by atoms with Crippen LogP contribution in [0.15, 0.2) is 11.2 Å². The lowest BCUT2D eigenvalue weighted by molar-refractivity contribution is 0.0942. The standard InChI is InChI=1S/C11H17N3O2S/c1-8-7-9(14-11(13-8)17-3)10(15)12-5-4-6-16-2/h7H,4-6H2,1-3H3,(H,12,15). The lowest BCUT2D eigenvalue weighted by Gasteiger charge is -2.06. The summed E-state index contributed by atoms with van der Waals surface area (Å²) in [7, 11) is 1.64. The van der Waals surface area contributed by atoms with Gasteiger partial charge in [-0.05, 0) is 25.7 Å². The van der Waals surface area contributed by atoms with Gasteiger partial charge in [-0.15, -0.1) is 0 Å². The third-order valence-electron chi connectivity index (χ3n) is 2.06. The van der Waals surface area contributed by atoms with Gasteiger partial charge in [-0.3, -0.25) is 4.79 Å². The Morgan fingerprint density at radius 2 is 2.29 bits per heavy atom. The van der Waals surface area contributed by atoms with Gasteiger partial charge in [0.2, 0.25) is 0 Å². The van der Waals surface area contributed by atoms with Crippen LogP contribution < -0.4 is 5.32 Å². The minimum Gasteiger partial charge on any atom is -0.385 e. The van der Waals surface area contributed by atoms with Gasteiger partial charge in [-0.2, -0.15) is 0 Å².